The fraction of sp³-hybridized carbons (Fsp3) is 0.0833. The summed E-state index contributed by atoms with van der Waals surface area (Å²) in [6, 6.07) is 7.95. The van der Waals surface area contributed by atoms with Gasteiger partial charge in [0.2, 0.25) is 0 Å². The molecule has 0 aliphatic heterocycles. The van der Waals surface area contributed by atoms with Gasteiger partial charge in [-0.1, -0.05) is 24.4 Å². The molecule has 4 nitrogen and oxygen atoms in total. The van der Waals surface area contributed by atoms with Crippen molar-refractivity contribution in [3.63, 3.8) is 0 Å². The Bertz CT molecular complexity index is 572. The van der Waals surface area contributed by atoms with Crippen LogP contribution in [0.2, 0.25) is 0 Å². The van der Waals surface area contributed by atoms with E-state index in [0.717, 1.165) is 10.6 Å². The van der Waals surface area contributed by atoms with Crippen LogP contribution in [0.1, 0.15) is 5.69 Å². The molecule has 0 atom stereocenters. The maximum atomic E-state index is 5.62. The fourth-order valence-corrected chi connectivity index (χ4v) is 2.19. The number of nitrogens with one attached hydrogen (secondary N) is 1. The van der Waals surface area contributed by atoms with Gasteiger partial charge in [-0.05, 0) is 18.4 Å². The Morgan fingerprint density at radius 3 is 2.72 bits per heavy atom. The van der Waals surface area contributed by atoms with Gasteiger partial charge in [-0.2, -0.15) is 0 Å². The molecule has 1 aromatic carbocycles. The highest BCUT2D eigenvalue weighted by Gasteiger charge is 2.09. The molecule has 0 spiro atoms. The lowest BCUT2D eigenvalue weighted by atomic mass is 10.3. The molecule has 0 bridgehead atoms. The van der Waals surface area contributed by atoms with Gasteiger partial charge in [-0.25, -0.2) is 9.97 Å². The number of hydrogen-bond donors (Lipinski definition) is 2. The van der Waals surface area contributed by atoms with Crippen LogP contribution >= 0.6 is 24.0 Å². The molecule has 3 N–H and O–H groups in total. The number of nitrogens with two attached hydrogens (primary N) is 1. The number of rotatable bonds is 4. The van der Waals surface area contributed by atoms with Crippen LogP contribution in [0.15, 0.2) is 41.6 Å². The van der Waals surface area contributed by atoms with Crippen LogP contribution in [0.5, 0.6) is 0 Å². The average Bonchev–Trinajstić information content (AvgIpc) is 2.40. The van der Waals surface area contributed by atoms with Crippen LogP contribution in [0.25, 0.3) is 0 Å². The maximum absolute atomic E-state index is 5.62. The minimum atomic E-state index is 0.229. The zero-order chi connectivity index (χ0) is 13.0. The number of thioether (sulfide) groups is 1. The molecule has 0 aliphatic carbocycles. The largest absolute Gasteiger partial charge is 0.388 e. The summed E-state index contributed by atoms with van der Waals surface area (Å²) in [5, 5.41) is 3.21. The Labute approximate surface area is 115 Å². The van der Waals surface area contributed by atoms with Crippen molar-refractivity contribution in [2.45, 2.75) is 4.90 Å². The second kappa shape index (κ2) is 5.79. The fourth-order valence-electron chi connectivity index (χ4n) is 1.49. The van der Waals surface area contributed by atoms with Gasteiger partial charge in [0.15, 0.2) is 5.82 Å². The molecule has 0 fully saturated rings. The molecule has 1 aromatic heterocycles. The van der Waals surface area contributed by atoms with Crippen molar-refractivity contribution >= 4 is 40.5 Å². The smallest absolute Gasteiger partial charge is 0.159 e. The number of benzene rings is 1. The Balaban J connectivity index is 2.37. The minimum absolute atomic E-state index is 0.229. The van der Waals surface area contributed by atoms with Crippen molar-refractivity contribution < 1.29 is 0 Å². The third-order valence-corrected chi connectivity index (χ3v) is 3.28. The van der Waals surface area contributed by atoms with Crippen LogP contribution in [0.3, 0.4) is 0 Å². The van der Waals surface area contributed by atoms with Crippen molar-refractivity contribution in [1.82, 2.24) is 9.97 Å². The van der Waals surface area contributed by atoms with Crippen molar-refractivity contribution in [3.05, 3.63) is 42.4 Å². The van der Waals surface area contributed by atoms with Gasteiger partial charge in [-0.3, -0.25) is 0 Å². The topological polar surface area (TPSA) is 63.8 Å². The van der Waals surface area contributed by atoms with Crippen LogP contribution in [0.4, 0.5) is 11.5 Å². The molecule has 2 aromatic rings. The highest BCUT2D eigenvalue weighted by atomic mass is 32.2. The molecule has 18 heavy (non-hydrogen) atoms. The van der Waals surface area contributed by atoms with E-state index >= 15 is 0 Å². The van der Waals surface area contributed by atoms with Gasteiger partial charge in [0, 0.05) is 17.3 Å². The lowest BCUT2D eigenvalue weighted by Gasteiger charge is -2.11. The SMILES string of the molecule is CSc1ccccc1Nc1nccnc1C(N)=S. The van der Waals surface area contributed by atoms with Crippen LogP contribution in [0, 0.1) is 0 Å². The van der Waals surface area contributed by atoms with E-state index in [1.54, 1.807) is 24.2 Å². The lowest BCUT2D eigenvalue weighted by Crippen LogP contribution is -2.15. The molecule has 0 amide bonds. The quantitative estimate of drug-likeness (QED) is 0.661. The summed E-state index contributed by atoms with van der Waals surface area (Å²) in [5.41, 5.74) is 7.09. The van der Waals surface area contributed by atoms with Gasteiger partial charge in [0.05, 0.1) is 5.69 Å². The Morgan fingerprint density at radius 1 is 1.28 bits per heavy atom. The zero-order valence-electron chi connectivity index (χ0n) is 9.75. The number of hydrogen-bond acceptors (Lipinski definition) is 5. The van der Waals surface area contributed by atoms with E-state index in [1.807, 2.05) is 30.5 Å². The van der Waals surface area contributed by atoms with Crippen LogP contribution < -0.4 is 11.1 Å². The second-order valence-corrected chi connectivity index (χ2v) is 4.73. The standard InChI is InChI=1S/C12H12N4S2/c1-18-9-5-3-2-4-8(9)16-12-10(11(13)17)14-6-7-15-12/h2-7H,1H3,(H2,13,17)(H,15,16). The number of thiocarbonyl (C=S) groups is 1. The highest BCUT2D eigenvalue weighted by molar-refractivity contribution is 7.98. The summed E-state index contributed by atoms with van der Waals surface area (Å²) >= 11 is 6.61. The predicted molar refractivity (Wildman–Crippen MR) is 79.4 cm³/mol. The number of aromatic nitrogens is 2. The van der Waals surface area contributed by atoms with E-state index < -0.39 is 0 Å². The molecule has 1 heterocycles. The molecule has 92 valence electrons. The summed E-state index contributed by atoms with van der Waals surface area (Å²) in [4.78, 5) is 9.70. The first-order chi connectivity index (χ1) is 8.72. The Kier molecular flexibility index (Phi) is 4.11. The molecule has 0 saturated carbocycles. The summed E-state index contributed by atoms with van der Waals surface area (Å²) in [6.07, 6.45) is 5.19. The third-order valence-electron chi connectivity index (χ3n) is 2.29. The minimum Gasteiger partial charge on any atom is -0.388 e. The molecule has 0 saturated heterocycles. The summed E-state index contributed by atoms with van der Waals surface area (Å²) < 4.78 is 0. The summed E-state index contributed by atoms with van der Waals surface area (Å²) in [6.45, 7) is 0. The summed E-state index contributed by atoms with van der Waals surface area (Å²) in [7, 11) is 0. The second-order valence-electron chi connectivity index (χ2n) is 3.44. The lowest BCUT2D eigenvalue weighted by molar-refractivity contribution is 1.17. The molecule has 2 rings (SSSR count). The molecule has 0 unspecified atom stereocenters. The van der Waals surface area contributed by atoms with Crippen LogP contribution in [-0.2, 0) is 0 Å². The molecule has 0 radical (unpaired) electrons. The van der Waals surface area contributed by atoms with Gasteiger partial charge in [-0.15, -0.1) is 11.8 Å². The van der Waals surface area contributed by atoms with E-state index in [2.05, 4.69) is 15.3 Å². The highest BCUT2D eigenvalue weighted by Crippen LogP contribution is 2.27. The maximum Gasteiger partial charge on any atom is 0.159 e. The number of para-hydroxylation sites is 1. The Hall–Kier alpha value is -1.66. The first-order valence-corrected chi connectivity index (χ1v) is 6.86. The zero-order valence-corrected chi connectivity index (χ0v) is 11.4. The first kappa shape index (κ1) is 12.8. The van der Waals surface area contributed by atoms with E-state index in [-0.39, 0.29) is 4.99 Å². The van der Waals surface area contributed by atoms with E-state index in [9.17, 15) is 0 Å². The van der Waals surface area contributed by atoms with Gasteiger partial charge >= 0.3 is 0 Å². The van der Waals surface area contributed by atoms with Crippen molar-refractivity contribution in [2.75, 3.05) is 11.6 Å². The summed E-state index contributed by atoms with van der Waals surface area (Å²) in [5.74, 6) is 0.575. The monoisotopic (exact) mass is 276 g/mol. The van der Waals surface area contributed by atoms with Gasteiger partial charge in [0.25, 0.3) is 0 Å². The normalized spacial score (nSPS) is 10.1. The third kappa shape index (κ3) is 2.77. The Morgan fingerprint density at radius 2 is 2.00 bits per heavy atom. The predicted octanol–water partition coefficient (Wildman–Crippen LogP) is 2.58. The van der Waals surface area contributed by atoms with E-state index in [4.69, 9.17) is 18.0 Å². The average molecular weight is 276 g/mol. The molecule has 6 heteroatoms. The van der Waals surface area contributed by atoms with Crippen molar-refractivity contribution in [1.29, 1.82) is 0 Å². The first-order valence-electron chi connectivity index (χ1n) is 5.23. The molecule has 0 aliphatic rings. The van der Waals surface area contributed by atoms with E-state index in [1.165, 1.54) is 0 Å². The van der Waals surface area contributed by atoms with Crippen molar-refractivity contribution in [2.24, 2.45) is 5.73 Å². The molecular weight excluding hydrogens is 264 g/mol. The van der Waals surface area contributed by atoms with Crippen molar-refractivity contribution in [3.8, 4) is 0 Å². The molecular formula is C12H12N4S2. The van der Waals surface area contributed by atoms with Crippen LogP contribution in [-0.4, -0.2) is 21.2 Å². The van der Waals surface area contributed by atoms with E-state index in [0.29, 0.717) is 11.5 Å². The number of nitrogens with zero attached hydrogens (tertiary/aromatic N) is 2. The number of anilines is 2. The van der Waals surface area contributed by atoms with Gasteiger partial charge in [0.1, 0.15) is 10.7 Å². The van der Waals surface area contributed by atoms with Gasteiger partial charge < -0.3 is 11.1 Å².